The maximum atomic E-state index is 12.8. The fourth-order valence-electron chi connectivity index (χ4n) is 3.45. The van der Waals surface area contributed by atoms with Crippen molar-refractivity contribution in [1.82, 2.24) is 9.78 Å². The zero-order valence-corrected chi connectivity index (χ0v) is 17.4. The number of aromatic nitrogens is 2. The summed E-state index contributed by atoms with van der Waals surface area (Å²) < 4.78 is 40.1. The first-order valence-electron chi connectivity index (χ1n) is 9.94. The lowest BCUT2D eigenvalue weighted by molar-refractivity contribution is -0.137. The van der Waals surface area contributed by atoms with Crippen molar-refractivity contribution in [2.45, 2.75) is 20.0 Å². The molecule has 4 rings (SSSR count). The molecule has 1 heterocycles. The summed E-state index contributed by atoms with van der Waals surface area (Å²) in [7, 11) is 0. The summed E-state index contributed by atoms with van der Waals surface area (Å²) in [5.41, 5.74) is 3.71. The number of rotatable bonds is 4. The number of hydrogen-bond acceptors (Lipinski definition) is 2. The SMILES string of the molecule is Cc1ccc(-n2nc(-c3ccccc3)cc2NC(=O)c2ccc(C(F)(F)F)cc2)c(C)c1. The molecule has 162 valence electrons. The Hall–Kier alpha value is -3.87. The number of anilines is 1. The summed E-state index contributed by atoms with van der Waals surface area (Å²) in [4.78, 5) is 12.8. The van der Waals surface area contributed by atoms with Crippen LogP contribution in [0, 0.1) is 13.8 Å². The van der Waals surface area contributed by atoms with Crippen LogP contribution in [0.3, 0.4) is 0 Å². The van der Waals surface area contributed by atoms with Gasteiger partial charge in [-0.3, -0.25) is 4.79 Å². The van der Waals surface area contributed by atoms with E-state index in [1.54, 1.807) is 10.7 Å². The van der Waals surface area contributed by atoms with Crippen molar-refractivity contribution >= 4 is 11.7 Å². The first-order chi connectivity index (χ1) is 15.2. The largest absolute Gasteiger partial charge is 0.416 e. The predicted molar refractivity (Wildman–Crippen MR) is 118 cm³/mol. The lowest BCUT2D eigenvalue weighted by Gasteiger charge is -2.12. The Labute approximate surface area is 183 Å². The fourth-order valence-corrected chi connectivity index (χ4v) is 3.45. The number of hydrogen-bond donors (Lipinski definition) is 1. The van der Waals surface area contributed by atoms with Gasteiger partial charge >= 0.3 is 6.18 Å². The lowest BCUT2D eigenvalue weighted by Crippen LogP contribution is -2.16. The molecule has 1 aromatic heterocycles. The van der Waals surface area contributed by atoms with Crippen molar-refractivity contribution in [1.29, 1.82) is 0 Å². The third-order valence-electron chi connectivity index (χ3n) is 5.08. The predicted octanol–water partition coefficient (Wildman–Crippen LogP) is 6.43. The Kier molecular flexibility index (Phi) is 5.57. The topological polar surface area (TPSA) is 46.9 Å². The van der Waals surface area contributed by atoms with Crippen LogP contribution in [0.5, 0.6) is 0 Å². The molecule has 0 unspecified atom stereocenters. The van der Waals surface area contributed by atoms with E-state index in [2.05, 4.69) is 10.4 Å². The molecule has 0 saturated carbocycles. The molecule has 0 atom stereocenters. The van der Waals surface area contributed by atoms with Crippen LogP contribution in [-0.4, -0.2) is 15.7 Å². The van der Waals surface area contributed by atoms with Crippen LogP contribution in [0.25, 0.3) is 16.9 Å². The van der Waals surface area contributed by atoms with Gasteiger partial charge in [-0.05, 0) is 49.7 Å². The molecule has 0 aliphatic rings. The van der Waals surface area contributed by atoms with Gasteiger partial charge in [0.1, 0.15) is 5.82 Å². The normalized spacial score (nSPS) is 11.4. The van der Waals surface area contributed by atoms with Crippen molar-refractivity contribution in [3.8, 4) is 16.9 Å². The van der Waals surface area contributed by atoms with Gasteiger partial charge in [0.05, 0.1) is 16.9 Å². The summed E-state index contributed by atoms with van der Waals surface area (Å²) >= 11 is 0. The first-order valence-corrected chi connectivity index (χ1v) is 9.94. The molecule has 0 spiro atoms. The molecule has 0 fully saturated rings. The number of nitrogens with zero attached hydrogens (tertiary/aromatic N) is 2. The Balaban J connectivity index is 1.72. The second-order valence-corrected chi connectivity index (χ2v) is 7.51. The highest BCUT2D eigenvalue weighted by atomic mass is 19.4. The standard InChI is InChI=1S/C25H20F3N3O/c1-16-8-13-22(17(2)14-16)31-23(15-21(30-31)18-6-4-3-5-7-18)29-24(32)19-9-11-20(12-10-19)25(26,27)28/h3-15H,1-2H3,(H,29,32). The first kappa shape index (κ1) is 21.4. The molecule has 0 saturated heterocycles. The lowest BCUT2D eigenvalue weighted by atomic mass is 10.1. The third-order valence-corrected chi connectivity index (χ3v) is 5.08. The fraction of sp³-hybridized carbons (Fsp3) is 0.120. The summed E-state index contributed by atoms with van der Waals surface area (Å²) in [6.07, 6.45) is -4.46. The Morgan fingerprint density at radius 1 is 0.906 bits per heavy atom. The van der Waals surface area contributed by atoms with E-state index >= 15 is 0 Å². The molecule has 0 aliphatic carbocycles. The van der Waals surface area contributed by atoms with E-state index in [-0.39, 0.29) is 5.56 Å². The molecule has 0 bridgehead atoms. The molecular weight excluding hydrogens is 415 g/mol. The van der Waals surface area contributed by atoms with Gasteiger partial charge in [-0.25, -0.2) is 4.68 Å². The van der Waals surface area contributed by atoms with Gasteiger partial charge in [0.2, 0.25) is 0 Å². The monoisotopic (exact) mass is 435 g/mol. The summed E-state index contributed by atoms with van der Waals surface area (Å²) in [6.45, 7) is 3.94. The molecule has 7 heteroatoms. The van der Waals surface area contributed by atoms with Gasteiger partial charge in [0, 0.05) is 17.2 Å². The molecule has 4 nitrogen and oxygen atoms in total. The molecule has 1 amide bonds. The maximum Gasteiger partial charge on any atom is 0.416 e. The Morgan fingerprint density at radius 3 is 2.22 bits per heavy atom. The third kappa shape index (κ3) is 4.42. The highest BCUT2D eigenvalue weighted by molar-refractivity contribution is 6.04. The van der Waals surface area contributed by atoms with Crippen LogP contribution in [-0.2, 0) is 6.18 Å². The van der Waals surface area contributed by atoms with Gasteiger partial charge in [0.25, 0.3) is 5.91 Å². The van der Waals surface area contributed by atoms with E-state index in [4.69, 9.17) is 0 Å². The number of alkyl halides is 3. The molecule has 32 heavy (non-hydrogen) atoms. The summed E-state index contributed by atoms with van der Waals surface area (Å²) in [5.74, 6) is -0.107. The second-order valence-electron chi connectivity index (χ2n) is 7.51. The molecular formula is C25H20F3N3O. The number of nitrogens with one attached hydrogen (secondary N) is 1. The van der Waals surface area contributed by atoms with Gasteiger partial charge in [0.15, 0.2) is 0 Å². The minimum Gasteiger partial charge on any atom is -0.306 e. The number of amides is 1. The van der Waals surface area contributed by atoms with Crippen molar-refractivity contribution in [2.75, 3.05) is 5.32 Å². The number of aryl methyl sites for hydroxylation is 2. The summed E-state index contributed by atoms with van der Waals surface area (Å²) in [6, 6.07) is 21.3. The minimum atomic E-state index is -4.46. The molecule has 1 N–H and O–H groups in total. The van der Waals surface area contributed by atoms with Crippen LogP contribution in [0.1, 0.15) is 27.0 Å². The van der Waals surface area contributed by atoms with Crippen molar-refractivity contribution in [3.63, 3.8) is 0 Å². The van der Waals surface area contributed by atoms with E-state index < -0.39 is 17.6 Å². The van der Waals surface area contributed by atoms with Gasteiger partial charge in [-0.15, -0.1) is 0 Å². The van der Waals surface area contributed by atoms with Crippen LogP contribution < -0.4 is 5.32 Å². The van der Waals surface area contributed by atoms with Gasteiger partial charge in [-0.2, -0.15) is 18.3 Å². The average molecular weight is 435 g/mol. The smallest absolute Gasteiger partial charge is 0.306 e. The zero-order chi connectivity index (χ0) is 22.9. The van der Waals surface area contributed by atoms with E-state index in [1.807, 2.05) is 62.4 Å². The molecule has 3 aromatic carbocycles. The van der Waals surface area contributed by atoms with E-state index in [0.717, 1.165) is 46.6 Å². The average Bonchev–Trinajstić information content (AvgIpc) is 3.17. The van der Waals surface area contributed by atoms with Crippen LogP contribution in [0.2, 0.25) is 0 Å². The van der Waals surface area contributed by atoms with Crippen molar-refractivity contribution in [2.24, 2.45) is 0 Å². The van der Waals surface area contributed by atoms with Crippen LogP contribution >= 0.6 is 0 Å². The van der Waals surface area contributed by atoms with Crippen LogP contribution in [0.15, 0.2) is 78.9 Å². The van der Waals surface area contributed by atoms with E-state index in [1.165, 1.54) is 0 Å². The van der Waals surface area contributed by atoms with Gasteiger partial charge in [-0.1, -0.05) is 48.0 Å². The molecule has 4 aromatic rings. The maximum absolute atomic E-state index is 12.8. The minimum absolute atomic E-state index is 0.118. The van der Waals surface area contributed by atoms with E-state index in [0.29, 0.717) is 11.5 Å². The highest BCUT2D eigenvalue weighted by Gasteiger charge is 2.30. The van der Waals surface area contributed by atoms with Crippen LogP contribution in [0.4, 0.5) is 19.0 Å². The quantitative estimate of drug-likeness (QED) is 0.402. The van der Waals surface area contributed by atoms with Crippen molar-refractivity contribution < 1.29 is 18.0 Å². The Morgan fingerprint density at radius 2 is 1.59 bits per heavy atom. The summed E-state index contributed by atoms with van der Waals surface area (Å²) in [5, 5.41) is 7.48. The van der Waals surface area contributed by atoms with Gasteiger partial charge < -0.3 is 5.32 Å². The number of carbonyl (C=O) groups is 1. The molecule has 0 radical (unpaired) electrons. The van der Waals surface area contributed by atoms with E-state index in [9.17, 15) is 18.0 Å². The Bertz CT molecular complexity index is 1260. The highest BCUT2D eigenvalue weighted by Crippen LogP contribution is 2.30. The van der Waals surface area contributed by atoms with Crippen molar-refractivity contribution in [3.05, 3.63) is 101 Å². The zero-order valence-electron chi connectivity index (χ0n) is 17.4. The second kappa shape index (κ2) is 8.34. The number of carbonyl (C=O) groups excluding carboxylic acids is 1. The number of halogens is 3. The number of benzene rings is 3. The molecule has 0 aliphatic heterocycles.